The van der Waals surface area contributed by atoms with Crippen LogP contribution in [0.3, 0.4) is 0 Å². The van der Waals surface area contributed by atoms with Crippen LogP contribution in [-0.2, 0) is 19.1 Å². The molecule has 3 aliphatic carbocycles. The van der Waals surface area contributed by atoms with Gasteiger partial charge < -0.3 is 19.9 Å². The molecule has 2 N–H and O–H groups in total. The first-order chi connectivity index (χ1) is 14.1. The number of fused-ring (bicyclic) bond motifs is 2. The van der Waals surface area contributed by atoms with Crippen molar-refractivity contribution >= 4 is 25.9 Å². The number of phenolic OH excluding ortho intramolecular Hbond substituents is 1. The number of carbonyl (C=O) groups is 3. The minimum Gasteiger partial charge on any atom is -0.508 e. The van der Waals surface area contributed by atoms with Gasteiger partial charge in [-0.2, -0.15) is 0 Å². The summed E-state index contributed by atoms with van der Waals surface area (Å²) in [5, 5.41) is 12.6. The van der Waals surface area contributed by atoms with Gasteiger partial charge in [0.15, 0.2) is 0 Å². The van der Waals surface area contributed by atoms with Crippen LogP contribution in [0.25, 0.3) is 0 Å². The summed E-state index contributed by atoms with van der Waals surface area (Å²) >= 11 is 0. The fourth-order valence-electron chi connectivity index (χ4n) is 4.32. The molecule has 0 aliphatic heterocycles. The summed E-state index contributed by atoms with van der Waals surface area (Å²) in [4.78, 5) is 38.2. The first-order valence-electron chi connectivity index (χ1n) is 10.2. The number of aromatic hydroxyl groups is 1. The van der Waals surface area contributed by atoms with Crippen molar-refractivity contribution in [2.24, 2.45) is 5.92 Å². The number of Topliss-reactive ketones (excluding diaryl/α,β-unsaturated/α-hetero) is 1. The topological polar surface area (TPSA) is 102 Å². The normalized spacial score (nSPS) is 24.7. The van der Waals surface area contributed by atoms with E-state index in [1.165, 1.54) is 6.08 Å². The van der Waals surface area contributed by atoms with Crippen LogP contribution >= 0.6 is 0 Å². The quantitative estimate of drug-likeness (QED) is 0.390. The third-order valence-corrected chi connectivity index (χ3v) is 7.44. The summed E-state index contributed by atoms with van der Waals surface area (Å²) in [6.45, 7) is 10.4. The smallest absolute Gasteiger partial charge is 0.407 e. The van der Waals surface area contributed by atoms with Gasteiger partial charge in [0.2, 0.25) is 0 Å². The van der Waals surface area contributed by atoms with Gasteiger partial charge in [0.05, 0.1) is 24.5 Å². The molecular formula is C22H29NO6Si. The molecule has 4 atom stereocenters. The molecule has 1 amide bonds. The maximum absolute atomic E-state index is 13.1. The lowest BCUT2D eigenvalue weighted by atomic mass is 9.58. The Kier molecular flexibility index (Phi) is 6.35. The van der Waals surface area contributed by atoms with Crippen LogP contribution in [-0.4, -0.2) is 50.3 Å². The maximum Gasteiger partial charge on any atom is 0.407 e. The van der Waals surface area contributed by atoms with Crippen molar-refractivity contribution < 1.29 is 29.0 Å². The predicted molar refractivity (Wildman–Crippen MR) is 114 cm³/mol. The van der Waals surface area contributed by atoms with Gasteiger partial charge in [-0.15, -0.1) is 0 Å². The number of hydrogen-bond acceptors (Lipinski definition) is 6. The first kappa shape index (κ1) is 22.1. The minimum absolute atomic E-state index is 0.0172. The molecule has 1 aromatic rings. The van der Waals surface area contributed by atoms with E-state index in [9.17, 15) is 19.5 Å². The van der Waals surface area contributed by atoms with Crippen molar-refractivity contribution in [1.82, 2.24) is 5.32 Å². The standard InChI is InChI=1S/C22H29NO6Si/c1-5-8-29-22(27)23-20-18-15-11-13(24)6-7-14(15)16(12-17(18)25)19(20)21(26)28-9-10-30(2,3)4/h5-7,11,16,18-20,24H,1,8-10,12H2,2-4H3,(H,23,27)/t16-,18-,19-,20-/m1/s1. The number of esters is 1. The molecule has 1 saturated carbocycles. The number of carbonyl (C=O) groups excluding carboxylic acids is 3. The zero-order chi connectivity index (χ0) is 22.1. The zero-order valence-corrected chi connectivity index (χ0v) is 18.6. The van der Waals surface area contributed by atoms with E-state index >= 15 is 0 Å². The number of phenols is 1. The second kappa shape index (κ2) is 8.63. The average Bonchev–Trinajstić information content (AvgIpc) is 2.64. The molecule has 30 heavy (non-hydrogen) atoms. The molecule has 0 saturated heterocycles. The second-order valence-electron chi connectivity index (χ2n) is 9.13. The number of benzene rings is 1. The Bertz CT molecular complexity index is 862. The van der Waals surface area contributed by atoms with Gasteiger partial charge in [-0.1, -0.05) is 38.4 Å². The summed E-state index contributed by atoms with van der Waals surface area (Å²) in [5.41, 5.74) is 1.50. The number of nitrogens with one attached hydrogen (secondary N) is 1. The Balaban J connectivity index is 1.90. The lowest BCUT2D eigenvalue weighted by Gasteiger charge is -2.47. The third-order valence-electron chi connectivity index (χ3n) is 5.74. The molecule has 7 nitrogen and oxygen atoms in total. The predicted octanol–water partition coefficient (Wildman–Crippen LogP) is 3.32. The summed E-state index contributed by atoms with van der Waals surface area (Å²) in [6, 6.07) is 4.90. The lowest BCUT2D eigenvalue weighted by molar-refractivity contribution is -0.152. The van der Waals surface area contributed by atoms with E-state index in [4.69, 9.17) is 9.47 Å². The number of ether oxygens (including phenoxy) is 2. The van der Waals surface area contributed by atoms with E-state index in [1.807, 2.05) is 0 Å². The van der Waals surface area contributed by atoms with Crippen LogP contribution in [0.2, 0.25) is 25.7 Å². The van der Waals surface area contributed by atoms with E-state index in [0.717, 1.165) is 11.6 Å². The highest BCUT2D eigenvalue weighted by atomic mass is 28.3. The van der Waals surface area contributed by atoms with E-state index < -0.39 is 43.9 Å². The maximum atomic E-state index is 13.1. The highest BCUT2D eigenvalue weighted by molar-refractivity contribution is 6.76. The fourth-order valence-corrected chi connectivity index (χ4v) is 5.03. The molecule has 0 unspecified atom stereocenters. The Labute approximate surface area is 177 Å². The van der Waals surface area contributed by atoms with Crippen molar-refractivity contribution in [2.75, 3.05) is 13.2 Å². The van der Waals surface area contributed by atoms with Crippen LogP contribution in [0, 0.1) is 5.92 Å². The number of ketones is 1. The van der Waals surface area contributed by atoms with Crippen molar-refractivity contribution in [3.63, 3.8) is 0 Å². The van der Waals surface area contributed by atoms with Crippen LogP contribution in [0.1, 0.15) is 29.4 Å². The van der Waals surface area contributed by atoms with E-state index in [1.54, 1.807) is 18.2 Å². The molecule has 8 heteroatoms. The van der Waals surface area contributed by atoms with Crippen LogP contribution in [0.4, 0.5) is 4.79 Å². The molecular weight excluding hydrogens is 402 g/mol. The molecule has 0 aromatic heterocycles. The monoisotopic (exact) mass is 431 g/mol. The summed E-state index contributed by atoms with van der Waals surface area (Å²) in [5.74, 6) is -2.29. The SMILES string of the molecule is C=CCOC(=O)N[C@H]1[C@H](C(=O)OCC[Si](C)(C)C)[C@@H]2CC(=O)[C@H]1c1cc(O)ccc12. The Morgan fingerprint density at radius 2 is 2.00 bits per heavy atom. The largest absolute Gasteiger partial charge is 0.508 e. The molecule has 1 fully saturated rings. The molecule has 162 valence electrons. The zero-order valence-electron chi connectivity index (χ0n) is 17.6. The van der Waals surface area contributed by atoms with Crippen molar-refractivity contribution in [2.45, 2.75) is 50.0 Å². The van der Waals surface area contributed by atoms with Gasteiger partial charge in [0.1, 0.15) is 18.1 Å². The first-order valence-corrected chi connectivity index (χ1v) is 13.9. The Morgan fingerprint density at radius 3 is 2.67 bits per heavy atom. The molecule has 3 aliphatic rings. The Hall–Kier alpha value is -2.61. The van der Waals surface area contributed by atoms with Gasteiger partial charge >= 0.3 is 12.1 Å². The van der Waals surface area contributed by atoms with Crippen LogP contribution in [0.15, 0.2) is 30.9 Å². The highest BCUT2D eigenvalue weighted by Crippen LogP contribution is 2.52. The van der Waals surface area contributed by atoms with Crippen molar-refractivity contribution in [3.05, 3.63) is 42.0 Å². The number of amides is 1. The summed E-state index contributed by atoms with van der Waals surface area (Å²) in [7, 11) is -1.38. The van der Waals surface area contributed by atoms with Gasteiger partial charge in [0, 0.05) is 20.4 Å². The molecule has 0 heterocycles. The van der Waals surface area contributed by atoms with Gasteiger partial charge in [0.25, 0.3) is 0 Å². The fraction of sp³-hybridized carbons (Fsp3) is 0.500. The molecule has 0 radical (unpaired) electrons. The molecule has 1 aromatic carbocycles. The minimum atomic E-state index is -1.38. The number of rotatable bonds is 7. The van der Waals surface area contributed by atoms with Crippen LogP contribution in [0.5, 0.6) is 5.75 Å². The highest BCUT2D eigenvalue weighted by Gasteiger charge is 2.55. The van der Waals surface area contributed by atoms with Gasteiger partial charge in [-0.25, -0.2) is 4.79 Å². The summed E-state index contributed by atoms with van der Waals surface area (Å²) < 4.78 is 10.6. The van der Waals surface area contributed by atoms with E-state index in [0.29, 0.717) is 12.2 Å². The van der Waals surface area contributed by atoms with Crippen LogP contribution < -0.4 is 5.32 Å². The lowest BCUT2D eigenvalue weighted by Crippen LogP contribution is -2.58. The average molecular weight is 432 g/mol. The van der Waals surface area contributed by atoms with E-state index in [2.05, 4.69) is 31.5 Å². The van der Waals surface area contributed by atoms with Gasteiger partial charge in [-0.3, -0.25) is 9.59 Å². The number of alkyl carbamates (subject to hydrolysis) is 1. The molecule has 0 spiro atoms. The van der Waals surface area contributed by atoms with E-state index in [-0.39, 0.29) is 24.6 Å². The molecule has 4 rings (SSSR count). The third kappa shape index (κ3) is 4.58. The molecule has 2 bridgehead atoms. The van der Waals surface area contributed by atoms with Crippen molar-refractivity contribution in [1.29, 1.82) is 0 Å². The second-order valence-corrected chi connectivity index (χ2v) is 14.8. The summed E-state index contributed by atoms with van der Waals surface area (Å²) in [6.07, 6.45) is 0.922. The van der Waals surface area contributed by atoms with Crippen molar-refractivity contribution in [3.8, 4) is 5.75 Å². The van der Waals surface area contributed by atoms with Gasteiger partial charge in [-0.05, 0) is 29.3 Å². The number of hydrogen-bond donors (Lipinski definition) is 2. The Morgan fingerprint density at radius 1 is 1.27 bits per heavy atom.